The Hall–Kier alpha value is -2.06. The van der Waals surface area contributed by atoms with Gasteiger partial charge in [-0.25, -0.2) is 8.42 Å². The molecule has 0 aliphatic carbocycles. The molecule has 130 valence electrons. The van der Waals surface area contributed by atoms with E-state index < -0.39 is 10.0 Å². The Morgan fingerprint density at radius 1 is 1.08 bits per heavy atom. The van der Waals surface area contributed by atoms with Gasteiger partial charge in [0.2, 0.25) is 10.0 Å². The zero-order valence-electron chi connectivity index (χ0n) is 14.1. The molecule has 0 spiro atoms. The summed E-state index contributed by atoms with van der Waals surface area (Å²) in [6.45, 7) is 5.67. The minimum absolute atomic E-state index is 0.306. The number of rotatable bonds is 4. The largest absolute Gasteiger partial charge is 0.497 e. The third-order valence-corrected chi connectivity index (χ3v) is 6.50. The van der Waals surface area contributed by atoms with E-state index in [4.69, 9.17) is 4.74 Å². The lowest BCUT2D eigenvalue weighted by atomic mass is 10.2. The van der Waals surface area contributed by atoms with E-state index in [0.717, 1.165) is 11.4 Å². The molecule has 3 rings (SSSR count). The van der Waals surface area contributed by atoms with Crippen molar-refractivity contribution in [1.29, 1.82) is 0 Å². The molecule has 1 N–H and O–H groups in total. The number of H-pyrrole nitrogens is 1. The lowest BCUT2D eigenvalue weighted by Crippen LogP contribution is -2.48. The van der Waals surface area contributed by atoms with Crippen LogP contribution >= 0.6 is 0 Å². The zero-order valence-corrected chi connectivity index (χ0v) is 14.9. The third-order valence-electron chi connectivity index (χ3n) is 4.33. The molecule has 1 fully saturated rings. The van der Waals surface area contributed by atoms with E-state index in [-0.39, 0.29) is 0 Å². The summed E-state index contributed by atoms with van der Waals surface area (Å²) in [6, 6.07) is 7.81. The van der Waals surface area contributed by atoms with E-state index in [0.29, 0.717) is 42.5 Å². The second-order valence-electron chi connectivity index (χ2n) is 5.85. The second-order valence-corrected chi connectivity index (χ2v) is 7.73. The van der Waals surface area contributed by atoms with Gasteiger partial charge in [0.15, 0.2) is 0 Å². The normalized spacial score (nSPS) is 16.4. The molecule has 0 unspecified atom stereocenters. The fourth-order valence-corrected chi connectivity index (χ4v) is 4.78. The number of hydrogen-bond acceptors (Lipinski definition) is 5. The van der Waals surface area contributed by atoms with E-state index in [1.165, 1.54) is 4.31 Å². The Morgan fingerprint density at radius 2 is 1.71 bits per heavy atom. The monoisotopic (exact) mass is 350 g/mol. The lowest BCUT2D eigenvalue weighted by molar-refractivity contribution is 0.384. The Kier molecular flexibility index (Phi) is 4.51. The Bertz CT molecular complexity index is 787. The van der Waals surface area contributed by atoms with Crippen LogP contribution in [-0.2, 0) is 10.0 Å². The maximum Gasteiger partial charge on any atom is 0.246 e. The van der Waals surface area contributed by atoms with Crippen LogP contribution in [0.1, 0.15) is 11.4 Å². The van der Waals surface area contributed by atoms with Crippen molar-refractivity contribution in [2.45, 2.75) is 18.7 Å². The van der Waals surface area contributed by atoms with E-state index in [9.17, 15) is 8.42 Å². The van der Waals surface area contributed by atoms with Crippen LogP contribution in [0.4, 0.5) is 5.69 Å². The number of ether oxygens (including phenoxy) is 1. The van der Waals surface area contributed by atoms with Gasteiger partial charge < -0.3 is 9.64 Å². The number of aromatic amines is 1. The summed E-state index contributed by atoms with van der Waals surface area (Å²) in [5.41, 5.74) is 2.18. The molecule has 1 aliphatic rings. The first kappa shape index (κ1) is 16.8. The predicted molar refractivity (Wildman–Crippen MR) is 92.0 cm³/mol. The summed E-state index contributed by atoms with van der Waals surface area (Å²) in [7, 11) is -1.87. The van der Waals surface area contributed by atoms with Crippen molar-refractivity contribution >= 4 is 15.7 Å². The molecule has 0 radical (unpaired) electrons. The summed E-state index contributed by atoms with van der Waals surface area (Å²) in [5.74, 6) is 0.811. The van der Waals surface area contributed by atoms with Crippen molar-refractivity contribution in [2.75, 3.05) is 38.2 Å². The van der Waals surface area contributed by atoms with Gasteiger partial charge in [0.25, 0.3) is 0 Å². The molecular weight excluding hydrogens is 328 g/mol. The smallest absolute Gasteiger partial charge is 0.246 e. The number of benzene rings is 1. The average Bonchev–Trinajstić information content (AvgIpc) is 2.94. The predicted octanol–water partition coefficient (Wildman–Crippen LogP) is 1.55. The molecule has 0 saturated carbocycles. The van der Waals surface area contributed by atoms with Crippen LogP contribution in [0.5, 0.6) is 5.75 Å². The molecular formula is C16H22N4O3S. The molecule has 0 bridgehead atoms. The van der Waals surface area contributed by atoms with Crippen molar-refractivity contribution in [3.05, 3.63) is 35.7 Å². The van der Waals surface area contributed by atoms with Crippen LogP contribution in [0.3, 0.4) is 0 Å². The number of aryl methyl sites for hydroxylation is 2. The van der Waals surface area contributed by atoms with E-state index in [1.54, 1.807) is 21.0 Å². The average molecular weight is 350 g/mol. The first-order chi connectivity index (χ1) is 11.4. The maximum atomic E-state index is 12.8. The molecule has 24 heavy (non-hydrogen) atoms. The van der Waals surface area contributed by atoms with E-state index in [2.05, 4.69) is 15.1 Å². The third kappa shape index (κ3) is 2.99. The topological polar surface area (TPSA) is 78.5 Å². The van der Waals surface area contributed by atoms with Gasteiger partial charge in [-0.05, 0) is 38.1 Å². The summed E-state index contributed by atoms with van der Waals surface area (Å²) in [4.78, 5) is 2.49. The molecule has 0 amide bonds. The van der Waals surface area contributed by atoms with Crippen LogP contribution in [0.15, 0.2) is 29.2 Å². The van der Waals surface area contributed by atoms with Gasteiger partial charge in [-0.3, -0.25) is 5.10 Å². The number of nitrogens with one attached hydrogen (secondary N) is 1. The number of piperazine rings is 1. The Morgan fingerprint density at radius 3 is 2.21 bits per heavy atom. The quantitative estimate of drug-likeness (QED) is 0.905. The summed E-state index contributed by atoms with van der Waals surface area (Å²) >= 11 is 0. The van der Waals surface area contributed by atoms with E-state index >= 15 is 0 Å². The maximum absolute atomic E-state index is 12.8. The number of hydrogen-bond donors (Lipinski definition) is 1. The summed E-state index contributed by atoms with van der Waals surface area (Å²) < 4.78 is 32.4. The van der Waals surface area contributed by atoms with Crippen molar-refractivity contribution < 1.29 is 13.2 Å². The minimum atomic E-state index is -3.50. The van der Waals surface area contributed by atoms with Gasteiger partial charge in [-0.1, -0.05) is 0 Å². The number of nitrogens with zero attached hydrogens (tertiary/aromatic N) is 3. The molecule has 1 aromatic carbocycles. The van der Waals surface area contributed by atoms with Gasteiger partial charge in [-0.15, -0.1) is 0 Å². The molecule has 2 heterocycles. The standard InChI is InChI=1S/C16H22N4O3S/c1-12-16(13(2)18-17-12)24(21,22)20-10-8-19(9-11-20)14-4-6-15(23-3)7-5-14/h4-7H,8-11H2,1-3H3,(H,17,18). The molecule has 1 aromatic heterocycles. The first-order valence-electron chi connectivity index (χ1n) is 7.84. The number of sulfonamides is 1. The lowest BCUT2D eigenvalue weighted by Gasteiger charge is -2.35. The summed E-state index contributed by atoms with van der Waals surface area (Å²) in [6.07, 6.45) is 0. The highest BCUT2D eigenvalue weighted by molar-refractivity contribution is 7.89. The molecule has 1 saturated heterocycles. The SMILES string of the molecule is COc1ccc(N2CCN(S(=O)(=O)c3c(C)n[nH]c3C)CC2)cc1. The van der Waals surface area contributed by atoms with Crippen molar-refractivity contribution in [1.82, 2.24) is 14.5 Å². The molecule has 1 aliphatic heterocycles. The van der Waals surface area contributed by atoms with Crippen LogP contribution in [0, 0.1) is 13.8 Å². The van der Waals surface area contributed by atoms with Crippen LogP contribution in [0.2, 0.25) is 0 Å². The van der Waals surface area contributed by atoms with Gasteiger partial charge in [0.05, 0.1) is 18.5 Å². The first-order valence-corrected chi connectivity index (χ1v) is 9.28. The fourth-order valence-electron chi connectivity index (χ4n) is 3.03. The van der Waals surface area contributed by atoms with Crippen molar-refractivity contribution in [3.63, 3.8) is 0 Å². The number of aromatic nitrogens is 2. The second kappa shape index (κ2) is 6.45. The van der Waals surface area contributed by atoms with Gasteiger partial charge >= 0.3 is 0 Å². The Labute approximate surface area is 142 Å². The van der Waals surface area contributed by atoms with Crippen molar-refractivity contribution in [2.24, 2.45) is 0 Å². The molecule has 0 atom stereocenters. The van der Waals surface area contributed by atoms with Gasteiger partial charge in [-0.2, -0.15) is 9.40 Å². The van der Waals surface area contributed by atoms with E-state index in [1.807, 2.05) is 24.3 Å². The highest BCUT2D eigenvalue weighted by Gasteiger charge is 2.32. The van der Waals surface area contributed by atoms with Gasteiger partial charge in [0, 0.05) is 31.9 Å². The van der Waals surface area contributed by atoms with Gasteiger partial charge in [0.1, 0.15) is 10.6 Å². The molecule has 7 nitrogen and oxygen atoms in total. The molecule has 8 heteroatoms. The highest BCUT2D eigenvalue weighted by Crippen LogP contribution is 2.25. The molecule has 2 aromatic rings. The number of anilines is 1. The zero-order chi connectivity index (χ0) is 17.3. The van der Waals surface area contributed by atoms with Crippen LogP contribution in [0.25, 0.3) is 0 Å². The minimum Gasteiger partial charge on any atom is -0.497 e. The van der Waals surface area contributed by atoms with Crippen molar-refractivity contribution in [3.8, 4) is 5.75 Å². The fraction of sp³-hybridized carbons (Fsp3) is 0.438. The summed E-state index contributed by atoms with van der Waals surface area (Å²) in [5, 5.41) is 6.75. The van der Waals surface area contributed by atoms with Crippen LogP contribution < -0.4 is 9.64 Å². The number of methoxy groups -OCH3 is 1. The Balaban J connectivity index is 1.72. The van der Waals surface area contributed by atoms with Crippen LogP contribution in [-0.4, -0.2) is 56.2 Å². The highest BCUT2D eigenvalue weighted by atomic mass is 32.2.